The first-order valence-corrected chi connectivity index (χ1v) is 44.9. The summed E-state index contributed by atoms with van der Waals surface area (Å²) in [5.41, 5.74) is 46.8. The number of amides is 6. The number of aliphatic hydroxyl groups is 2. The summed E-state index contributed by atoms with van der Waals surface area (Å²) >= 11 is 14.4. The number of carbonyl (C=O) groups excluding carboxylic acids is 7. The molecule has 0 aliphatic heterocycles. The number of likely N-dealkylation sites (N-methyl/N-ethyl adjacent to an activating group) is 1. The molecule has 0 saturated heterocycles. The second-order valence-corrected chi connectivity index (χ2v) is 35.9. The predicted molar refractivity (Wildman–Crippen MR) is 529 cm³/mol. The van der Waals surface area contributed by atoms with Gasteiger partial charge in [0.05, 0.1) is 37.7 Å². The quantitative estimate of drug-likeness (QED) is 0.00476. The molecule has 0 aliphatic rings. The van der Waals surface area contributed by atoms with E-state index in [1.54, 1.807) is 145 Å². The van der Waals surface area contributed by atoms with E-state index in [9.17, 15) is 94.0 Å². The summed E-state index contributed by atoms with van der Waals surface area (Å²) in [6.45, 7) is 40.7. The van der Waals surface area contributed by atoms with E-state index >= 15 is 0 Å². The van der Waals surface area contributed by atoms with E-state index in [1.165, 1.54) is 19.2 Å². The van der Waals surface area contributed by atoms with Crippen LogP contribution in [-0.4, -0.2) is 325 Å². The number of aliphatic hydroxyl groups excluding tert-OH is 2. The number of nitrogens with zero attached hydrogens (tertiary/aromatic N) is 11. The van der Waals surface area contributed by atoms with E-state index in [4.69, 9.17) is 124 Å². The van der Waals surface area contributed by atoms with Crippen molar-refractivity contribution >= 4 is 113 Å². The lowest BCUT2D eigenvalue weighted by Crippen LogP contribution is -2.51. The Balaban J connectivity index is -0.000000209. The number of aliphatic carboxylic acids is 1. The van der Waals surface area contributed by atoms with Crippen molar-refractivity contribution in [3.63, 3.8) is 0 Å². The number of hydrogen-bond acceptors (Lipinski definition) is 40. The molecule has 0 saturated carbocycles. The number of alkyl carbamates (subject to hydrolysis) is 6. The topological polar surface area (TPSA) is 926 Å². The summed E-state index contributed by atoms with van der Waals surface area (Å²) in [5.74, 6) is -2.32. The third-order valence-electron chi connectivity index (χ3n) is 13.7. The highest BCUT2D eigenvalue weighted by Gasteiger charge is 2.29. The van der Waals surface area contributed by atoms with Crippen LogP contribution in [0.25, 0.3) is 0 Å². The molecule has 141 heavy (non-hydrogen) atoms. The molecule has 0 aromatic rings. The first-order valence-electron chi connectivity index (χ1n) is 43.4. The molecular formula is C76H163Cl3N32O30. The molecule has 0 aromatic heterocycles. The molecule has 0 heterocycles. The summed E-state index contributed by atoms with van der Waals surface area (Å²) < 4.78 is 39.2. The van der Waals surface area contributed by atoms with E-state index in [0.29, 0.717) is 103 Å². The number of alkyl halides is 2. The SMILES string of the molecule is CC(C)(C)OC(=O)NCCN.CC(C)(C)OC(=O)NCCNC[C@H](CCCN=C(N)N[N+](=O)[O-])NC(=O)OC(C)(C)C.CC(C)(C)OC(=O)N[C@@H](CCCN=C(N)N[N+](=O)[O-])C(=O)O.CC(C)(C)OC(=O)N[C@H](CO)CCCN=C(N)N[N+](=O)[O-].CC(C)COC(=O)Cl.COC.CON(C)[C@@H](O)[C@H](CCCN=C(N)N[N+](=O)[O-])NC(=O)OC(C)(C)C.ClCCl.NCCNC[C@@H](N)CCCN=C(N)N[N+](=O)[O-]. The fourth-order valence-electron chi connectivity index (χ4n) is 8.54. The minimum atomic E-state index is -1.22. The van der Waals surface area contributed by atoms with Crippen LogP contribution in [0.3, 0.4) is 0 Å². The van der Waals surface area contributed by atoms with Crippen molar-refractivity contribution in [3.8, 4) is 0 Å². The van der Waals surface area contributed by atoms with Crippen molar-refractivity contribution in [2.45, 2.75) is 273 Å². The average molecular weight is 2110 g/mol. The van der Waals surface area contributed by atoms with Crippen LogP contribution in [0.5, 0.6) is 0 Å². The van der Waals surface area contributed by atoms with Gasteiger partial charge in [-0.1, -0.05) is 41.0 Å². The number of carbonyl (C=O) groups is 8. The number of ether oxygens (including phenoxy) is 8. The van der Waals surface area contributed by atoms with Crippen LogP contribution in [0, 0.1) is 56.5 Å². The zero-order valence-corrected chi connectivity index (χ0v) is 87.7. The summed E-state index contributed by atoms with van der Waals surface area (Å²) in [6, 6.07) is -2.58. The van der Waals surface area contributed by atoms with E-state index in [-0.39, 0.29) is 92.8 Å². The van der Waals surface area contributed by atoms with Gasteiger partial charge in [-0.15, -0.1) is 23.2 Å². The number of methoxy groups -OCH3 is 1. The molecule has 0 aromatic carbocycles. The standard InChI is InChI=1S/C18H37N7O6.C13H28N6O6.C11H21N5O6.C11H23N5O5.C8H21N7O2.C7H16N2O2.C5H9ClO2.C2H6O.CH2Cl2/c1-17(2,3)30-15(26)22-11-10-20-12-13(23-16(27)31-18(4,5)6)8-7-9-21-14(19)24-25(28)29;1-13(2,3)25-12(21)16-9(10(20)18(4)24-5)7-6-8-15-11(14)17-19(22)23;1-11(2,3)22-10(19)14-7(8(17)18)5-4-6-13-9(12)15-16(20)21;1-11(2,3)21-10(18)14-8(7-17)5-4-6-13-9(12)15-16(19)20;9-3-5-12-6-7(10)2-1-4-13-8(11)14-15(16)17;1-7(2,3)11-6(10)9-5-4-8;1-4(2)3-8-5(6)7;1-3-2;2-1-3/h13,20H,7-12H2,1-6H3,(H,22,26)(H,23,27)(H3,19,21,24);9-10,20H,6-8H2,1-5H3,(H,16,21)(H3,14,15,17);7H,4-6H2,1-3H3,(H,14,19)(H,17,18)(H3,12,13,15);8,17H,4-7H2,1-3H3,(H,14,18)(H3,12,13,15);7,12H,1-6,9-10H2,(H3,11,13,14);4-5,8H2,1-3H3,(H,9,10);4H,3H2,1-2H3;1-2H3;1H2/t13-;9-,10-;7-;8-;7-;;;;/m00000..../s1. The predicted octanol–water partition coefficient (Wildman–Crippen LogP) is 1.94. The number of hydrogen-bond donors (Lipinski definition) is 24. The zero-order chi connectivity index (χ0) is 111. The zero-order valence-electron chi connectivity index (χ0n) is 85.5. The average Bonchev–Trinajstić information content (AvgIpc) is 0.890. The minimum absolute atomic E-state index is 0.0291. The Hall–Kier alpha value is -11.6. The summed E-state index contributed by atoms with van der Waals surface area (Å²) in [5, 5.41) is 97.9. The monoisotopic (exact) mass is 2110 g/mol. The Labute approximate surface area is 837 Å². The van der Waals surface area contributed by atoms with E-state index < -0.39 is 131 Å². The first-order chi connectivity index (χ1) is 64.7. The highest BCUT2D eigenvalue weighted by atomic mass is 35.5. The normalized spacial score (nSPS) is 12.8. The van der Waals surface area contributed by atoms with Gasteiger partial charge in [-0.2, -0.15) is 5.06 Å². The van der Waals surface area contributed by atoms with Gasteiger partial charge in [0.1, 0.15) is 45.9 Å². The lowest BCUT2D eigenvalue weighted by Gasteiger charge is -2.30. The molecule has 0 unspecified atom stereocenters. The molecule has 0 aliphatic carbocycles. The molecular weight excluding hydrogens is 1950 g/mol. The summed E-state index contributed by atoms with van der Waals surface area (Å²) in [7, 11) is 6.13. The number of halogens is 3. The van der Waals surface area contributed by atoms with E-state index in [2.05, 4.69) is 77.0 Å². The minimum Gasteiger partial charge on any atom is -0.480 e. The molecule has 0 bridgehead atoms. The Morgan fingerprint density at radius 1 is 0.433 bits per heavy atom. The maximum atomic E-state index is 12.1. The van der Waals surface area contributed by atoms with Crippen LogP contribution in [0.4, 0.5) is 33.6 Å². The number of nitro groups is 5. The van der Waals surface area contributed by atoms with E-state index in [0.717, 1.165) is 19.4 Å². The molecule has 0 rings (SSSR count). The highest BCUT2D eigenvalue weighted by Crippen LogP contribution is 2.15. The molecule has 62 nitrogen and oxygen atoms in total. The van der Waals surface area contributed by atoms with Gasteiger partial charge < -0.3 is 142 Å². The van der Waals surface area contributed by atoms with Crippen LogP contribution in [0.2, 0.25) is 0 Å². The number of nitrogens with one attached hydrogen (secondary N) is 13. The van der Waals surface area contributed by atoms with Crippen LogP contribution in [0.1, 0.15) is 203 Å². The van der Waals surface area contributed by atoms with Gasteiger partial charge in [0.2, 0.25) is 0 Å². The van der Waals surface area contributed by atoms with Crippen molar-refractivity contribution in [2.24, 2.45) is 76.7 Å². The molecule has 0 fully saturated rings. The highest BCUT2D eigenvalue weighted by molar-refractivity contribution is 6.61. The van der Waals surface area contributed by atoms with Crippen molar-refractivity contribution in [1.29, 1.82) is 0 Å². The maximum absolute atomic E-state index is 12.1. The molecule has 6 atom stereocenters. The van der Waals surface area contributed by atoms with Crippen LogP contribution >= 0.6 is 34.8 Å². The number of hydroxylamine groups is 2. The summed E-state index contributed by atoms with van der Waals surface area (Å²) in [6.07, 6.45) is -0.213. The second kappa shape index (κ2) is 86.3. The third kappa shape index (κ3) is 126. The smallest absolute Gasteiger partial charge is 0.408 e. The van der Waals surface area contributed by atoms with Crippen LogP contribution in [0.15, 0.2) is 25.0 Å². The van der Waals surface area contributed by atoms with E-state index in [1.807, 2.05) is 34.6 Å². The fourth-order valence-corrected chi connectivity index (χ4v) is 8.60. The third-order valence-corrected chi connectivity index (χ3v) is 13.8. The number of nitrogens with two attached hydrogens (primary N) is 8. The number of rotatable bonds is 47. The van der Waals surface area contributed by atoms with Gasteiger partial charge in [0.25, 0.3) is 29.8 Å². The Morgan fingerprint density at radius 2 is 0.716 bits per heavy atom. The Bertz CT molecular complexity index is 3610. The molecule has 828 valence electrons. The van der Waals surface area contributed by atoms with Crippen molar-refractivity contribution in [1.82, 2.24) is 74.7 Å². The van der Waals surface area contributed by atoms with Crippen molar-refractivity contribution in [3.05, 3.63) is 50.6 Å². The van der Waals surface area contributed by atoms with Gasteiger partial charge in [-0.3, -0.25) is 4.84 Å². The van der Waals surface area contributed by atoms with Gasteiger partial charge in [0, 0.05) is 130 Å². The summed E-state index contributed by atoms with van der Waals surface area (Å²) in [4.78, 5) is 165. The van der Waals surface area contributed by atoms with Crippen molar-refractivity contribution < 1.29 is 122 Å². The molecule has 0 spiro atoms. The number of carboxylic acids is 1. The first kappa shape index (κ1) is 147. The number of carboxylic acid groups (broad SMARTS) is 1. The van der Waals surface area contributed by atoms with Gasteiger partial charge >= 0.3 is 48.0 Å². The number of guanidine groups is 5. The molecule has 6 amide bonds. The fraction of sp³-hybridized carbons (Fsp3) is 0.829. The Kier molecular flexibility index (Phi) is 90.0. The van der Waals surface area contributed by atoms with Crippen molar-refractivity contribution in [2.75, 3.05) is 132 Å². The lowest BCUT2D eigenvalue weighted by atomic mass is 10.1. The molecule has 0 radical (unpaired) electrons. The second-order valence-electron chi connectivity index (χ2n) is 34.7. The lowest BCUT2D eigenvalue weighted by molar-refractivity contribution is -0.525. The molecule has 32 N–H and O–H groups in total. The largest absolute Gasteiger partial charge is 0.480 e. The number of hydrazine groups is 5. The molecule has 65 heteroatoms. The Morgan fingerprint density at radius 3 is 1.01 bits per heavy atom. The maximum Gasteiger partial charge on any atom is 0.408 e. The van der Waals surface area contributed by atoms with Crippen LogP contribution < -0.4 is 116 Å². The van der Waals surface area contributed by atoms with Gasteiger partial charge in [-0.05, 0) is 195 Å². The van der Waals surface area contributed by atoms with Crippen LogP contribution in [-0.2, 0) is 47.5 Å². The van der Waals surface area contributed by atoms with Gasteiger partial charge in [-0.25, -0.2) is 114 Å². The van der Waals surface area contributed by atoms with Gasteiger partial charge in [0.15, 0.2) is 25.2 Å². The number of aliphatic imine (C=N–C) groups is 5.